The van der Waals surface area contributed by atoms with Gasteiger partial charge in [-0.1, -0.05) is 30.3 Å². The van der Waals surface area contributed by atoms with Gasteiger partial charge in [-0.3, -0.25) is 0 Å². The molecule has 0 heteroatoms. The molecule has 13 saturated carbocycles. The van der Waals surface area contributed by atoms with Gasteiger partial charge < -0.3 is 0 Å². The highest BCUT2D eigenvalue weighted by molar-refractivity contribution is 5.61. The third-order valence-electron chi connectivity index (χ3n) is 15.8. The molecule has 0 radical (unpaired) electrons. The molecule has 2 spiro atoms. The number of hydrogen-bond donors (Lipinski definition) is 0. The Labute approximate surface area is 159 Å². The quantitative estimate of drug-likeness (QED) is 0.720. The molecule has 0 amide bonds. The average molecular weight is 348 g/mol. The van der Waals surface area contributed by atoms with Gasteiger partial charge in [-0.15, -0.1) is 0 Å². The van der Waals surface area contributed by atoms with Gasteiger partial charge in [-0.25, -0.2) is 0 Å². The number of hydrogen-bond acceptors (Lipinski definition) is 0. The molecule has 0 saturated heterocycles. The van der Waals surface area contributed by atoms with Crippen molar-refractivity contribution < 1.29 is 0 Å². The maximum absolute atomic E-state index is 2.57. The highest BCUT2D eigenvalue weighted by Gasteiger charge is 3.11. The molecule has 1 aromatic rings. The maximum atomic E-state index is 2.57. The van der Waals surface area contributed by atoms with Crippen molar-refractivity contribution >= 4 is 0 Å². The second kappa shape index (κ2) is 2.55. The topological polar surface area (TPSA) is 0 Å². The fraction of sp³-hybridized carbons (Fsp3) is 0.778. The minimum Gasteiger partial charge on any atom is -0.0622 e. The van der Waals surface area contributed by atoms with Crippen LogP contribution in [-0.2, 0) is 0 Å². The van der Waals surface area contributed by atoms with Crippen LogP contribution in [0.4, 0.5) is 0 Å². The summed E-state index contributed by atoms with van der Waals surface area (Å²) < 4.78 is 0. The van der Waals surface area contributed by atoms with Crippen molar-refractivity contribution in [2.45, 2.75) is 5.92 Å². The largest absolute Gasteiger partial charge is 0.0622 e. The van der Waals surface area contributed by atoms with Gasteiger partial charge in [-0.2, -0.15) is 0 Å². The van der Waals surface area contributed by atoms with Crippen LogP contribution in [-0.4, -0.2) is 0 Å². The lowest BCUT2D eigenvalue weighted by molar-refractivity contribution is 0.131. The van der Waals surface area contributed by atoms with Crippen molar-refractivity contribution in [3.8, 4) is 0 Å². The lowest BCUT2D eigenvalue weighted by Gasteiger charge is -2.36. The van der Waals surface area contributed by atoms with Crippen LogP contribution in [0.5, 0.6) is 0 Å². The zero-order chi connectivity index (χ0) is 16.1. The van der Waals surface area contributed by atoms with Crippen LogP contribution in [0.3, 0.4) is 0 Å². The van der Waals surface area contributed by atoms with E-state index in [1.165, 1.54) is 107 Å². The molecule has 0 aliphatic heterocycles. The fourth-order valence-corrected chi connectivity index (χ4v) is 18.2. The van der Waals surface area contributed by atoms with Crippen molar-refractivity contribution in [2.24, 2.45) is 117 Å². The molecular weight excluding hydrogens is 324 g/mol. The number of benzene rings is 1. The average Bonchev–Trinajstić information content (AvgIpc) is 3.35. The van der Waals surface area contributed by atoms with Crippen molar-refractivity contribution in [1.82, 2.24) is 0 Å². The predicted molar refractivity (Wildman–Crippen MR) is 96.9 cm³/mol. The molecule has 21 atom stereocenters. The molecule has 0 N–H and O–H groups in total. The van der Waals surface area contributed by atoms with E-state index in [1.54, 1.807) is 0 Å². The SMILES string of the molecule is c1ccc(C2C34[C@@H]5C6C7[C@H]8C9C%10[C@H]7[C@H]5[C@@H]5[C@@H]%10C7C([C@@H]53)[C@H]3[C@@H]([C@H]97)[C@@H]8[C@H]6C234)cc1. The van der Waals surface area contributed by atoms with E-state index in [0.717, 1.165) is 16.7 Å². The first-order chi connectivity index (χ1) is 13.5. The van der Waals surface area contributed by atoms with Crippen molar-refractivity contribution in [3.63, 3.8) is 0 Å². The maximum Gasteiger partial charge on any atom is -0.00258 e. The smallest absolute Gasteiger partial charge is 0.00258 e. The number of rotatable bonds is 1. The van der Waals surface area contributed by atoms with Gasteiger partial charge in [-0.05, 0) is 129 Å². The molecule has 14 rings (SSSR count). The summed E-state index contributed by atoms with van der Waals surface area (Å²) in [6.07, 6.45) is 0. The lowest BCUT2D eigenvalue weighted by atomic mass is 9.68. The minimum absolute atomic E-state index is 0.868. The molecule has 1 aromatic carbocycles. The summed E-state index contributed by atoms with van der Waals surface area (Å²) in [5.74, 6) is 23.8. The normalized spacial score (nSPS) is 92.4. The summed E-state index contributed by atoms with van der Waals surface area (Å²) >= 11 is 0. The van der Waals surface area contributed by atoms with Gasteiger partial charge in [0.2, 0.25) is 0 Å². The fourth-order valence-electron chi connectivity index (χ4n) is 18.2. The Balaban J connectivity index is 1.27. The lowest BCUT2D eigenvalue weighted by Crippen LogP contribution is -2.32. The Morgan fingerprint density at radius 3 is 1.22 bits per heavy atom. The second-order valence-electron chi connectivity index (χ2n) is 13.9. The van der Waals surface area contributed by atoms with E-state index in [2.05, 4.69) is 30.3 Å². The van der Waals surface area contributed by atoms with Crippen molar-refractivity contribution in [2.75, 3.05) is 0 Å². The van der Waals surface area contributed by atoms with Gasteiger partial charge >= 0.3 is 0 Å². The monoisotopic (exact) mass is 348 g/mol. The molecule has 0 bridgehead atoms. The molecule has 13 aliphatic carbocycles. The molecule has 27 heavy (non-hydrogen) atoms. The Hall–Kier alpha value is -0.780. The van der Waals surface area contributed by atoms with Gasteiger partial charge in [0.25, 0.3) is 0 Å². The van der Waals surface area contributed by atoms with Crippen LogP contribution in [0.15, 0.2) is 30.3 Å². The summed E-state index contributed by atoms with van der Waals surface area (Å²) in [6.45, 7) is 0. The van der Waals surface area contributed by atoms with E-state index in [4.69, 9.17) is 0 Å². The third-order valence-corrected chi connectivity index (χ3v) is 15.8. The molecule has 13 aliphatic rings. The first-order valence-corrected chi connectivity index (χ1v) is 12.5. The molecular formula is C27H24. The molecule has 132 valence electrons. The first-order valence-electron chi connectivity index (χ1n) is 12.5. The Morgan fingerprint density at radius 2 is 0.778 bits per heavy atom. The third kappa shape index (κ3) is 0.572. The summed E-state index contributed by atoms with van der Waals surface area (Å²) in [5, 5.41) is 0. The predicted octanol–water partition coefficient (Wildman–Crippen LogP) is 4.00. The Bertz CT molecular complexity index is 956. The standard InChI is InChI=1S/C27H24/c1-2-4-6(5-3-1)25-26-21-15-9-7-8-11-13(9)19(21)23-17(11)18-12(8)14-10(7)16(15)22(26)20(14)24(18)27(23,25)26/h1-5,7-25H/t7?,8?,9-,10-,11-,12+,13?,14?,15-,16+,17+,18+,19?,20?,21-,22-,23+,24-,25?,26?,27?/m1/s1. The van der Waals surface area contributed by atoms with Crippen LogP contribution in [0.2, 0.25) is 0 Å². The zero-order valence-corrected chi connectivity index (χ0v) is 15.4. The highest BCUT2D eigenvalue weighted by Crippen LogP contribution is 3.15. The Morgan fingerprint density at radius 1 is 0.407 bits per heavy atom. The van der Waals surface area contributed by atoms with Crippen molar-refractivity contribution in [1.29, 1.82) is 0 Å². The molecule has 0 nitrogen and oxygen atoms in total. The van der Waals surface area contributed by atoms with Gasteiger partial charge in [0.05, 0.1) is 0 Å². The molecule has 13 fully saturated rings. The van der Waals surface area contributed by atoms with Crippen LogP contribution in [0.25, 0.3) is 0 Å². The van der Waals surface area contributed by atoms with E-state index in [1.807, 2.05) is 5.56 Å². The van der Waals surface area contributed by atoms with Gasteiger partial charge in [0.1, 0.15) is 0 Å². The highest BCUT2D eigenvalue weighted by atomic mass is 15.1. The van der Waals surface area contributed by atoms with E-state index in [0.29, 0.717) is 0 Å². The minimum atomic E-state index is 0.868. The zero-order valence-electron chi connectivity index (χ0n) is 15.4. The molecule has 0 aromatic heterocycles. The van der Waals surface area contributed by atoms with E-state index < -0.39 is 0 Å². The summed E-state index contributed by atoms with van der Waals surface area (Å²) in [4.78, 5) is 0. The van der Waals surface area contributed by atoms with E-state index in [9.17, 15) is 0 Å². The van der Waals surface area contributed by atoms with E-state index in [-0.39, 0.29) is 0 Å². The van der Waals surface area contributed by atoms with Gasteiger partial charge in [0.15, 0.2) is 0 Å². The van der Waals surface area contributed by atoms with Crippen LogP contribution in [0.1, 0.15) is 11.5 Å². The summed E-state index contributed by atoms with van der Waals surface area (Å²) in [6, 6.07) is 12.2. The van der Waals surface area contributed by atoms with Crippen LogP contribution >= 0.6 is 0 Å². The van der Waals surface area contributed by atoms with E-state index >= 15 is 0 Å². The summed E-state index contributed by atoms with van der Waals surface area (Å²) in [7, 11) is 0. The summed E-state index contributed by atoms with van der Waals surface area (Å²) in [5.41, 5.74) is 3.55. The molecule has 9 unspecified atom stereocenters. The van der Waals surface area contributed by atoms with Crippen molar-refractivity contribution in [3.05, 3.63) is 35.9 Å². The first kappa shape index (κ1) is 11.4. The molecule has 0 heterocycles. The Kier molecular flexibility index (Phi) is 1.08. The van der Waals surface area contributed by atoms with Crippen LogP contribution < -0.4 is 0 Å². The van der Waals surface area contributed by atoms with Crippen LogP contribution in [0, 0.1) is 117 Å². The van der Waals surface area contributed by atoms with Gasteiger partial charge in [0, 0.05) is 0 Å². The second-order valence-corrected chi connectivity index (χ2v) is 13.9.